The van der Waals surface area contributed by atoms with Gasteiger partial charge in [-0.25, -0.2) is 0 Å². The molecule has 2 nitrogen and oxygen atoms in total. The molecule has 2 rings (SSSR count). The van der Waals surface area contributed by atoms with Crippen molar-refractivity contribution < 1.29 is 0 Å². The third-order valence-corrected chi connectivity index (χ3v) is 4.10. The van der Waals surface area contributed by atoms with Crippen LogP contribution >= 0.6 is 15.9 Å². The molecule has 0 aromatic heterocycles. The van der Waals surface area contributed by atoms with Crippen LogP contribution in [0.15, 0.2) is 22.7 Å². The normalized spacial score (nSPS) is 22.6. The van der Waals surface area contributed by atoms with Gasteiger partial charge in [-0.1, -0.05) is 28.9 Å². The van der Waals surface area contributed by atoms with E-state index in [-0.39, 0.29) is 0 Å². The van der Waals surface area contributed by atoms with Crippen LogP contribution in [0.3, 0.4) is 0 Å². The molecule has 0 radical (unpaired) electrons. The zero-order valence-corrected chi connectivity index (χ0v) is 12.4. The summed E-state index contributed by atoms with van der Waals surface area (Å²) in [5.74, 6) is 1.80. The second kappa shape index (κ2) is 5.40. The predicted molar refractivity (Wildman–Crippen MR) is 77.4 cm³/mol. The lowest BCUT2D eigenvalue weighted by Crippen LogP contribution is -2.23. The van der Waals surface area contributed by atoms with E-state index in [9.17, 15) is 0 Å². The first-order chi connectivity index (χ1) is 8.11. The summed E-state index contributed by atoms with van der Waals surface area (Å²) < 4.78 is 1.16. The maximum absolute atomic E-state index is 3.56. The predicted octanol–water partition coefficient (Wildman–Crippen LogP) is 3.26. The summed E-state index contributed by atoms with van der Waals surface area (Å²) >= 11 is 3.56. The van der Waals surface area contributed by atoms with Crippen molar-refractivity contribution >= 4 is 21.6 Å². The summed E-state index contributed by atoms with van der Waals surface area (Å²) in [6.07, 6.45) is 1.39. The van der Waals surface area contributed by atoms with E-state index in [1.54, 1.807) is 0 Å². The van der Waals surface area contributed by atoms with Crippen molar-refractivity contribution in [2.45, 2.75) is 19.9 Å². The van der Waals surface area contributed by atoms with Crippen molar-refractivity contribution in [3.05, 3.63) is 28.2 Å². The number of hydrogen-bond donors (Lipinski definition) is 1. The molecule has 3 heteroatoms. The van der Waals surface area contributed by atoms with Crippen LogP contribution in [0.2, 0.25) is 0 Å². The fourth-order valence-electron chi connectivity index (χ4n) is 2.34. The zero-order valence-electron chi connectivity index (χ0n) is 10.8. The minimum absolute atomic E-state index is 0.890. The Balaban J connectivity index is 2.13. The standard InChI is InChI=1S/C14H21BrN2/c1-10-6-12(10)9-17(3)14-7-13(15)5-4-11(14)8-16-2/h4-5,7,10,12,16H,6,8-9H2,1-3H3. The molecule has 0 aliphatic heterocycles. The van der Waals surface area contributed by atoms with Gasteiger partial charge >= 0.3 is 0 Å². The molecule has 1 N–H and O–H groups in total. The number of benzene rings is 1. The smallest absolute Gasteiger partial charge is 0.0420 e. The molecule has 0 spiro atoms. The molecule has 1 saturated carbocycles. The highest BCUT2D eigenvalue weighted by molar-refractivity contribution is 9.10. The third kappa shape index (κ3) is 3.23. The minimum Gasteiger partial charge on any atom is -0.374 e. The minimum atomic E-state index is 0.890. The average Bonchev–Trinajstić information content (AvgIpc) is 2.97. The van der Waals surface area contributed by atoms with Crippen molar-refractivity contribution in [2.24, 2.45) is 11.8 Å². The van der Waals surface area contributed by atoms with Crippen LogP contribution in [-0.2, 0) is 6.54 Å². The Kier molecular flexibility index (Phi) is 4.10. The Bertz CT molecular complexity index is 392. The van der Waals surface area contributed by atoms with Crippen molar-refractivity contribution in [3.8, 4) is 0 Å². The summed E-state index contributed by atoms with van der Waals surface area (Å²) in [4.78, 5) is 2.39. The Morgan fingerprint density at radius 2 is 2.18 bits per heavy atom. The third-order valence-electron chi connectivity index (χ3n) is 3.61. The van der Waals surface area contributed by atoms with Gasteiger partial charge in [-0.3, -0.25) is 0 Å². The Morgan fingerprint density at radius 3 is 2.76 bits per heavy atom. The first-order valence-corrected chi connectivity index (χ1v) is 7.05. The largest absolute Gasteiger partial charge is 0.374 e. The summed E-state index contributed by atoms with van der Waals surface area (Å²) in [5, 5.41) is 3.23. The zero-order chi connectivity index (χ0) is 12.4. The highest BCUT2D eigenvalue weighted by atomic mass is 79.9. The van der Waals surface area contributed by atoms with Crippen molar-refractivity contribution in [3.63, 3.8) is 0 Å². The van der Waals surface area contributed by atoms with E-state index in [1.165, 1.54) is 24.2 Å². The number of hydrogen-bond acceptors (Lipinski definition) is 2. The van der Waals surface area contributed by atoms with Gasteiger partial charge < -0.3 is 10.2 Å². The summed E-state index contributed by atoms with van der Waals surface area (Å²) in [5.41, 5.74) is 2.71. The first kappa shape index (κ1) is 12.9. The van der Waals surface area contributed by atoms with Gasteiger partial charge in [0.2, 0.25) is 0 Å². The second-order valence-corrected chi connectivity index (χ2v) is 6.07. The summed E-state index contributed by atoms with van der Waals surface area (Å²) in [6, 6.07) is 6.53. The first-order valence-electron chi connectivity index (χ1n) is 6.26. The Morgan fingerprint density at radius 1 is 1.47 bits per heavy atom. The Hall–Kier alpha value is -0.540. The van der Waals surface area contributed by atoms with Gasteiger partial charge in [-0.15, -0.1) is 0 Å². The van der Waals surface area contributed by atoms with Crippen molar-refractivity contribution in [2.75, 3.05) is 25.5 Å². The molecule has 1 aliphatic carbocycles. The number of anilines is 1. The SMILES string of the molecule is CNCc1ccc(Br)cc1N(C)CC1CC1C. The molecule has 2 atom stereocenters. The van der Waals surface area contributed by atoms with E-state index in [1.807, 2.05) is 7.05 Å². The van der Waals surface area contributed by atoms with Crippen LogP contribution in [0.25, 0.3) is 0 Å². The molecular formula is C14H21BrN2. The van der Waals surface area contributed by atoms with Gasteiger partial charge in [0.25, 0.3) is 0 Å². The molecule has 1 aromatic carbocycles. The van der Waals surface area contributed by atoms with Gasteiger partial charge in [0.1, 0.15) is 0 Å². The quantitative estimate of drug-likeness (QED) is 0.897. The van der Waals surface area contributed by atoms with Gasteiger partial charge in [0.05, 0.1) is 0 Å². The highest BCUT2D eigenvalue weighted by Crippen LogP contribution is 2.39. The van der Waals surface area contributed by atoms with Crippen molar-refractivity contribution in [1.82, 2.24) is 5.32 Å². The summed E-state index contributed by atoms with van der Waals surface area (Å²) in [7, 11) is 4.20. The van der Waals surface area contributed by atoms with Gasteiger partial charge in [0, 0.05) is 30.3 Å². The number of rotatable bonds is 5. The maximum Gasteiger partial charge on any atom is 0.0420 e. The van der Waals surface area contributed by atoms with Crippen LogP contribution in [0.4, 0.5) is 5.69 Å². The monoisotopic (exact) mass is 296 g/mol. The van der Waals surface area contributed by atoms with E-state index in [2.05, 4.69) is 58.3 Å². The maximum atomic E-state index is 3.56. The lowest BCUT2D eigenvalue weighted by molar-refractivity contribution is 0.719. The number of nitrogens with zero attached hydrogens (tertiary/aromatic N) is 1. The second-order valence-electron chi connectivity index (χ2n) is 5.16. The number of halogens is 1. The van der Waals surface area contributed by atoms with Crippen LogP contribution in [-0.4, -0.2) is 20.6 Å². The van der Waals surface area contributed by atoms with Gasteiger partial charge in [-0.05, 0) is 43.0 Å². The van der Waals surface area contributed by atoms with Crippen molar-refractivity contribution in [1.29, 1.82) is 0 Å². The van der Waals surface area contributed by atoms with Crippen LogP contribution in [0.5, 0.6) is 0 Å². The topological polar surface area (TPSA) is 15.3 Å². The highest BCUT2D eigenvalue weighted by Gasteiger charge is 2.33. The molecule has 0 bridgehead atoms. The van der Waals surface area contributed by atoms with E-state index >= 15 is 0 Å². The Labute approximate surface area is 113 Å². The molecular weight excluding hydrogens is 276 g/mol. The van der Waals surface area contributed by atoms with Crippen LogP contribution < -0.4 is 10.2 Å². The van der Waals surface area contributed by atoms with Crippen LogP contribution in [0, 0.1) is 11.8 Å². The average molecular weight is 297 g/mol. The molecule has 17 heavy (non-hydrogen) atoms. The fourth-order valence-corrected chi connectivity index (χ4v) is 2.68. The lowest BCUT2D eigenvalue weighted by Gasteiger charge is -2.23. The van der Waals surface area contributed by atoms with Gasteiger partial charge in [0.15, 0.2) is 0 Å². The molecule has 1 aromatic rings. The van der Waals surface area contributed by atoms with Gasteiger partial charge in [-0.2, -0.15) is 0 Å². The molecule has 0 saturated heterocycles. The number of nitrogens with one attached hydrogen (secondary N) is 1. The van der Waals surface area contributed by atoms with E-state index in [0.717, 1.165) is 22.9 Å². The van der Waals surface area contributed by atoms with E-state index in [0.29, 0.717) is 0 Å². The lowest BCUT2D eigenvalue weighted by atomic mass is 10.1. The van der Waals surface area contributed by atoms with E-state index < -0.39 is 0 Å². The summed E-state index contributed by atoms with van der Waals surface area (Å²) in [6.45, 7) is 4.44. The fraction of sp³-hybridized carbons (Fsp3) is 0.571. The molecule has 94 valence electrons. The molecule has 1 fully saturated rings. The molecule has 1 aliphatic rings. The molecule has 0 heterocycles. The van der Waals surface area contributed by atoms with Crippen LogP contribution in [0.1, 0.15) is 18.9 Å². The molecule has 2 unspecified atom stereocenters. The molecule has 0 amide bonds. The van der Waals surface area contributed by atoms with E-state index in [4.69, 9.17) is 0 Å².